The fourth-order valence-electron chi connectivity index (χ4n) is 8.78. The van der Waals surface area contributed by atoms with Crippen molar-refractivity contribution in [3.05, 3.63) is 194 Å². The van der Waals surface area contributed by atoms with Crippen LogP contribution in [0.1, 0.15) is 0 Å². The molecule has 3 heterocycles. The molecule has 0 aliphatic heterocycles. The van der Waals surface area contributed by atoms with E-state index in [1.165, 1.54) is 16.2 Å². The smallest absolute Gasteiger partial charge is 0.164 e. The second kappa shape index (κ2) is 13.3. The van der Waals surface area contributed by atoms with Crippen molar-refractivity contribution < 1.29 is 4.42 Å². The molecular formula is C54H32N4O. The summed E-state index contributed by atoms with van der Waals surface area (Å²) in [6.07, 6.45) is 1.87. The van der Waals surface area contributed by atoms with E-state index in [1.54, 1.807) is 0 Å². The van der Waals surface area contributed by atoms with Crippen LogP contribution in [0.2, 0.25) is 0 Å². The zero-order chi connectivity index (χ0) is 38.9. The fraction of sp³-hybridized carbons (Fsp3) is 0. The fourth-order valence-corrected chi connectivity index (χ4v) is 8.78. The van der Waals surface area contributed by atoms with Gasteiger partial charge in [-0.1, -0.05) is 158 Å². The predicted octanol–water partition coefficient (Wildman–Crippen LogP) is 14.1. The topological polar surface area (TPSA) is 64.7 Å². The largest absolute Gasteiger partial charge is 0.456 e. The van der Waals surface area contributed by atoms with E-state index in [9.17, 15) is 0 Å². The van der Waals surface area contributed by atoms with Crippen molar-refractivity contribution in [1.29, 1.82) is 0 Å². The van der Waals surface area contributed by atoms with Gasteiger partial charge >= 0.3 is 0 Å². The monoisotopic (exact) mass is 752 g/mol. The van der Waals surface area contributed by atoms with Crippen LogP contribution in [0.25, 0.3) is 122 Å². The third kappa shape index (κ3) is 5.47. The van der Waals surface area contributed by atoms with E-state index in [1.807, 2.05) is 60.8 Å². The number of para-hydroxylation sites is 1. The minimum absolute atomic E-state index is 0.616. The summed E-state index contributed by atoms with van der Waals surface area (Å²) in [5.41, 5.74) is 10.1. The molecule has 0 unspecified atom stereocenters. The quantitative estimate of drug-likeness (QED) is 0.164. The summed E-state index contributed by atoms with van der Waals surface area (Å²) in [6.45, 7) is 0. The molecule has 59 heavy (non-hydrogen) atoms. The molecule has 0 aliphatic rings. The molecule has 0 aliphatic carbocycles. The molecule has 12 aromatic rings. The molecule has 5 nitrogen and oxygen atoms in total. The van der Waals surface area contributed by atoms with Crippen LogP contribution < -0.4 is 0 Å². The molecule has 5 heteroatoms. The predicted molar refractivity (Wildman–Crippen MR) is 242 cm³/mol. The maximum atomic E-state index is 6.25. The molecule has 0 spiro atoms. The summed E-state index contributed by atoms with van der Waals surface area (Å²) in [5.74, 6) is 1.86. The number of hydrogen-bond donors (Lipinski definition) is 0. The SMILES string of the molecule is c1ccc(-c2nc(-c3ccc(-c4cc5cccnc5c5ccc6ccccc6c45)cc3)nc(-c3ccc4c(-c5cccc6oc7ccccc7c56)cccc4c3)n2)cc1. The lowest BCUT2D eigenvalue weighted by Crippen LogP contribution is -2.00. The number of hydrogen-bond acceptors (Lipinski definition) is 5. The van der Waals surface area contributed by atoms with Crippen molar-refractivity contribution in [3.63, 3.8) is 0 Å². The van der Waals surface area contributed by atoms with E-state index in [0.717, 1.165) is 87.9 Å². The highest BCUT2D eigenvalue weighted by molar-refractivity contribution is 6.22. The molecular weight excluding hydrogens is 721 g/mol. The normalized spacial score (nSPS) is 11.7. The third-order valence-electron chi connectivity index (χ3n) is 11.5. The van der Waals surface area contributed by atoms with Gasteiger partial charge in [-0.3, -0.25) is 4.98 Å². The number of aromatic nitrogens is 4. The molecule has 0 fully saturated rings. The van der Waals surface area contributed by atoms with Crippen molar-refractivity contribution in [1.82, 2.24) is 19.9 Å². The van der Waals surface area contributed by atoms with Gasteiger partial charge in [-0.2, -0.15) is 0 Å². The second-order valence-corrected chi connectivity index (χ2v) is 15.0. The van der Waals surface area contributed by atoms with Gasteiger partial charge in [0.1, 0.15) is 11.2 Å². The van der Waals surface area contributed by atoms with Crippen LogP contribution in [0.4, 0.5) is 0 Å². The van der Waals surface area contributed by atoms with Gasteiger partial charge in [-0.25, -0.2) is 15.0 Å². The van der Waals surface area contributed by atoms with Crippen molar-refractivity contribution in [2.75, 3.05) is 0 Å². The molecule has 0 radical (unpaired) electrons. The van der Waals surface area contributed by atoms with Crippen LogP contribution in [0.3, 0.4) is 0 Å². The number of pyridine rings is 1. The van der Waals surface area contributed by atoms with Crippen LogP contribution in [0.5, 0.6) is 0 Å². The summed E-state index contributed by atoms with van der Waals surface area (Å²) >= 11 is 0. The second-order valence-electron chi connectivity index (χ2n) is 15.0. The lowest BCUT2D eigenvalue weighted by atomic mass is 9.91. The molecule has 0 saturated heterocycles. The number of furan rings is 1. The zero-order valence-electron chi connectivity index (χ0n) is 31.7. The van der Waals surface area contributed by atoms with Crippen LogP contribution in [0.15, 0.2) is 199 Å². The Morgan fingerprint density at radius 2 is 0.949 bits per heavy atom. The lowest BCUT2D eigenvalue weighted by Gasteiger charge is -2.14. The molecule has 0 amide bonds. The van der Waals surface area contributed by atoms with E-state index < -0.39 is 0 Å². The first-order chi connectivity index (χ1) is 29.2. The van der Waals surface area contributed by atoms with Crippen molar-refractivity contribution >= 4 is 65.2 Å². The Morgan fingerprint density at radius 3 is 1.81 bits per heavy atom. The average Bonchev–Trinajstić information content (AvgIpc) is 3.70. The minimum atomic E-state index is 0.616. The van der Waals surface area contributed by atoms with Crippen LogP contribution in [-0.4, -0.2) is 19.9 Å². The summed E-state index contributed by atoms with van der Waals surface area (Å²) in [7, 11) is 0. The van der Waals surface area contributed by atoms with Crippen molar-refractivity contribution in [2.45, 2.75) is 0 Å². The van der Waals surface area contributed by atoms with Gasteiger partial charge in [0.2, 0.25) is 0 Å². The summed E-state index contributed by atoms with van der Waals surface area (Å²) < 4.78 is 6.25. The molecule has 3 aromatic heterocycles. The van der Waals surface area contributed by atoms with Gasteiger partial charge in [0.15, 0.2) is 17.5 Å². The van der Waals surface area contributed by atoms with E-state index in [4.69, 9.17) is 24.4 Å². The standard InChI is InChI=1S/C54H32N4O/c1-2-12-35(13-3-1)52-56-53(36-24-22-34(23-25-36)46-32-38-15-10-30-55-51(38)45-29-26-33-11-4-5-16-41(33)49(45)46)58-54(57-52)39-27-28-40-37(31-39)14-8-18-42(40)43-19-9-21-48-50(43)44-17-6-7-20-47(44)59-48/h1-32H. The van der Waals surface area contributed by atoms with E-state index in [-0.39, 0.29) is 0 Å². The third-order valence-corrected chi connectivity index (χ3v) is 11.5. The lowest BCUT2D eigenvalue weighted by molar-refractivity contribution is 0.669. The minimum Gasteiger partial charge on any atom is -0.456 e. The highest BCUT2D eigenvalue weighted by atomic mass is 16.3. The Labute approximate surface area is 338 Å². The molecule has 0 atom stereocenters. The van der Waals surface area contributed by atoms with Crippen LogP contribution >= 0.6 is 0 Å². The summed E-state index contributed by atoms with van der Waals surface area (Å²) in [5, 5.41) is 10.3. The van der Waals surface area contributed by atoms with Gasteiger partial charge in [0.25, 0.3) is 0 Å². The number of nitrogens with zero attached hydrogens (tertiary/aromatic N) is 4. The highest BCUT2D eigenvalue weighted by Crippen LogP contribution is 2.41. The Kier molecular flexibility index (Phi) is 7.47. The van der Waals surface area contributed by atoms with E-state index in [0.29, 0.717) is 17.5 Å². The highest BCUT2D eigenvalue weighted by Gasteiger charge is 2.18. The maximum absolute atomic E-state index is 6.25. The van der Waals surface area contributed by atoms with Crippen molar-refractivity contribution in [3.8, 4) is 56.4 Å². The molecule has 0 N–H and O–H groups in total. The first-order valence-corrected chi connectivity index (χ1v) is 19.8. The molecule has 12 rings (SSSR count). The van der Waals surface area contributed by atoms with Crippen molar-refractivity contribution in [2.24, 2.45) is 0 Å². The zero-order valence-corrected chi connectivity index (χ0v) is 31.7. The van der Waals surface area contributed by atoms with Gasteiger partial charge in [-0.05, 0) is 79.5 Å². The van der Waals surface area contributed by atoms with E-state index in [2.05, 4.69) is 133 Å². The Morgan fingerprint density at radius 1 is 0.322 bits per heavy atom. The number of rotatable bonds is 5. The van der Waals surface area contributed by atoms with Gasteiger partial charge in [-0.15, -0.1) is 0 Å². The average molecular weight is 753 g/mol. The van der Waals surface area contributed by atoms with E-state index >= 15 is 0 Å². The van der Waals surface area contributed by atoms with Crippen LogP contribution in [-0.2, 0) is 0 Å². The van der Waals surface area contributed by atoms with Gasteiger partial charge in [0, 0.05) is 44.4 Å². The first kappa shape index (κ1) is 33.2. The Balaban J connectivity index is 0.985. The number of benzene rings is 9. The van der Waals surface area contributed by atoms with Crippen LogP contribution in [0, 0.1) is 0 Å². The number of fused-ring (bicyclic) bond motifs is 9. The Hall–Kier alpha value is -8.02. The van der Waals surface area contributed by atoms with Gasteiger partial charge in [0.05, 0.1) is 5.52 Å². The molecule has 0 bridgehead atoms. The first-order valence-electron chi connectivity index (χ1n) is 19.8. The molecule has 274 valence electrons. The molecule has 0 saturated carbocycles. The summed E-state index contributed by atoms with van der Waals surface area (Å²) in [6, 6.07) is 65.6. The maximum Gasteiger partial charge on any atom is 0.164 e. The summed E-state index contributed by atoms with van der Waals surface area (Å²) in [4.78, 5) is 20.1. The molecule has 9 aromatic carbocycles. The Bertz CT molecular complexity index is 3610. The van der Waals surface area contributed by atoms with Gasteiger partial charge < -0.3 is 4.42 Å².